The highest BCUT2D eigenvalue weighted by molar-refractivity contribution is 5.90. The normalized spacial score (nSPS) is 15.1. The maximum Gasteiger partial charge on any atom is 0.253 e. The van der Waals surface area contributed by atoms with Gasteiger partial charge in [0.25, 0.3) is 5.95 Å². The molecule has 0 saturated heterocycles. The Labute approximate surface area is 115 Å². The van der Waals surface area contributed by atoms with Gasteiger partial charge in [-0.05, 0) is 32.8 Å². The molecule has 1 aliphatic carbocycles. The lowest BCUT2D eigenvalue weighted by Gasteiger charge is -2.02. The van der Waals surface area contributed by atoms with Gasteiger partial charge in [-0.1, -0.05) is 0 Å². The van der Waals surface area contributed by atoms with Crippen molar-refractivity contribution in [3.8, 4) is 5.95 Å². The van der Waals surface area contributed by atoms with Crippen molar-refractivity contribution in [2.45, 2.75) is 32.6 Å². The standard InChI is InChI=1S/C13H15N7/c1-6-5-7(2)16-13(15-6)20-12-9(11(14)17-18-12)10(19-20)8-3-4-8/h5,8H,3-4H2,1-2H3,(H3,14,17,18). The summed E-state index contributed by atoms with van der Waals surface area (Å²) in [6, 6.07) is 1.94. The average molecular weight is 269 g/mol. The van der Waals surface area contributed by atoms with E-state index >= 15 is 0 Å². The highest BCUT2D eigenvalue weighted by atomic mass is 15.4. The summed E-state index contributed by atoms with van der Waals surface area (Å²) < 4.78 is 1.69. The van der Waals surface area contributed by atoms with Crippen LogP contribution >= 0.6 is 0 Å². The van der Waals surface area contributed by atoms with Crippen LogP contribution in [-0.4, -0.2) is 29.9 Å². The molecule has 7 nitrogen and oxygen atoms in total. The highest BCUT2D eigenvalue weighted by Gasteiger charge is 2.32. The van der Waals surface area contributed by atoms with Crippen LogP contribution in [0.2, 0.25) is 0 Å². The number of nitrogen functional groups attached to an aromatic ring is 1. The molecule has 0 radical (unpaired) electrons. The molecule has 0 amide bonds. The minimum absolute atomic E-state index is 0.490. The van der Waals surface area contributed by atoms with Crippen molar-refractivity contribution >= 4 is 16.9 Å². The van der Waals surface area contributed by atoms with Crippen LogP contribution in [0.25, 0.3) is 17.0 Å². The molecule has 0 aliphatic heterocycles. The van der Waals surface area contributed by atoms with Gasteiger partial charge < -0.3 is 5.73 Å². The number of anilines is 1. The third kappa shape index (κ3) is 1.59. The summed E-state index contributed by atoms with van der Waals surface area (Å²) in [6.07, 6.45) is 2.31. The molecule has 20 heavy (non-hydrogen) atoms. The molecule has 3 heterocycles. The third-order valence-electron chi connectivity index (χ3n) is 3.56. The fourth-order valence-corrected chi connectivity index (χ4v) is 2.54. The molecule has 0 atom stereocenters. The molecule has 0 aromatic carbocycles. The number of nitrogens with two attached hydrogens (primary N) is 1. The number of fused-ring (bicyclic) bond motifs is 1. The fourth-order valence-electron chi connectivity index (χ4n) is 2.54. The maximum absolute atomic E-state index is 5.98. The van der Waals surface area contributed by atoms with Crippen molar-refractivity contribution in [2.75, 3.05) is 5.73 Å². The van der Waals surface area contributed by atoms with Crippen LogP contribution in [0.15, 0.2) is 6.07 Å². The summed E-state index contributed by atoms with van der Waals surface area (Å²) in [4.78, 5) is 8.90. The zero-order valence-electron chi connectivity index (χ0n) is 11.4. The predicted octanol–water partition coefficient (Wildman–Crippen LogP) is 1.62. The Hall–Kier alpha value is -2.44. The second-order valence-corrected chi connectivity index (χ2v) is 5.36. The number of H-pyrrole nitrogens is 1. The van der Waals surface area contributed by atoms with Crippen molar-refractivity contribution in [1.29, 1.82) is 0 Å². The first-order valence-corrected chi connectivity index (χ1v) is 6.68. The maximum atomic E-state index is 5.98. The van der Waals surface area contributed by atoms with E-state index in [-0.39, 0.29) is 0 Å². The van der Waals surface area contributed by atoms with Gasteiger partial charge in [0.2, 0.25) is 0 Å². The summed E-state index contributed by atoms with van der Waals surface area (Å²) in [5.41, 5.74) is 9.51. The van der Waals surface area contributed by atoms with Crippen molar-refractivity contribution in [2.24, 2.45) is 0 Å². The van der Waals surface area contributed by atoms with Crippen LogP contribution in [0.4, 0.5) is 5.82 Å². The summed E-state index contributed by atoms with van der Waals surface area (Å²) in [5, 5.41) is 12.7. The lowest BCUT2D eigenvalue weighted by atomic mass is 10.2. The summed E-state index contributed by atoms with van der Waals surface area (Å²) in [7, 11) is 0. The molecule has 1 aliphatic rings. The molecule has 0 bridgehead atoms. The van der Waals surface area contributed by atoms with Gasteiger partial charge >= 0.3 is 0 Å². The first-order valence-electron chi connectivity index (χ1n) is 6.68. The largest absolute Gasteiger partial charge is 0.383 e. The molecule has 102 valence electrons. The molecule has 3 aromatic heterocycles. The van der Waals surface area contributed by atoms with E-state index in [0.717, 1.165) is 35.3 Å². The number of aromatic amines is 1. The Balaban J connectivity index is 1.99. The minimum atomic E-state index is 0.490. The topological polar surface area (TPSA) is 98.3 Å². The van der Waals surface area contributed by atoms with E-state index in [1.165, 1.54) is 0 Å². The number of aryl methyl sites for hydroxylation is 2. The van der Waals surface area contributed by atoms with Crippen molar-refractivity contribution in [3.63, 3.8) is 0 Å². The van der Waals surface area contributed by atoms with Gasteiger partial charge in [0.15, 0.2) is 5.65 Å². The molecule has 0 unspecified atom stereocenters. The lowest BCUT2D eigenvalue weighted by molar-refractivity contribution is 0.778. The Morgan fingerprint density at radius 2 is 1.95 bits per heavy atom. The number of nitrogens with zero attached hydrogens (tertiary/aromatic N) is 5. The molecule has 1 saturated carbocycles. The van der Waals surface area contributed by atoms with Crippen LogP contribution in [0.1, 0.15) is 35.8 Å². The number of nitrogens with one attached hydrogen (secondary N) is 1. The SMILES string of the molecule is Cc1cc(C)nc(-n2nc(C3CC3)c3c(N)[nH]nc32)n1. The van der Waals surface area contributed by atoms with E-state index in [1.807, 2.05) is 19.9 Å². The predicted molar refractivity (Wildman–Crippen MR) is 74.7 cm³/mol. The number of aromatic nitrogens is 6. The second kappa shape index (κ2) is 3.78. The van der Waals surface area contributed by atoms with Gasteiger partial charge in [-0.2, -0.15) is 14.9 Å². The first kappa shape index (κ1) is 11.4. The first-order chi connectivity index (χ1) is 9.63. The molecule has 3 N–H and O–H groups in total. The van der Waals surface area contributed by atoms with Crippen molar-refractivity contribution in [1.82, 2.24) is 29.9 Å². The van der Waals surface area contributed by atoms with Crippen LogP contribution in [-0.2, 0) is 0 Å². The fraction of sp³-hybridized carbons (Fsp3) is 0.385. The van der Waals surface area contributed by atoms with Crippen molar-refractivity contribution < 1.29 is 0 Å². The van der Waals surface area contributed by atoms with Gasteiger partial charge in [0, 0.05) is 17.3 Å². The van der Waals surface area contributed by atoms with E-state index in [0.29, 0.717) is 23.3 Å². The van der Waals surface area contributed by atoms with E-state index in [9.17, 15) is 0 Å². The zero-order chi connectivity index (χ0) is 13.9. The monoisotopic (exact) mass is 269 g/mol. The number of hydrogen-bond acceptors (Lipinski definition) is 5. The highest BCUT2D eigenvalue weighted by Crippen LogP contribution is 2.43. The molecule has 1 fully saturated rings. The van der Waals surface area contributed by atoms with Gasteiger partial charge in [-0.15, -0.1) is 0 Å². The molecule has 4 rings (SSSR count). The molecular formula is C13H15N7. The number of rotatable bonds is 2. The molecular weight excluding hydrogens is 254 g/mol. The summed E-state index contributed by atoms with van der Waals surface area (Å²) in [6.45, 7) is 3.89. The Kier molecular flexibility index (Phi) is 2.15. The quantitative estimate of drug-likeness (QED) is 0.736. The molecule has 3 aromatic rings. The zero-order valence-corrected chi connectivity index (χ0v) is 11.4. The minimum Gasteiger partial charge on any atom is -0.383 e. The molecule has 7 heteroatoms. The van der Waals surface area contributed by atoms with Gasteiger partial charge in [0.05, 0.1) is 11.1 Å². The molecule has 0 spiro atoms. The summed E-state index contributed by atoms with van der Waals surface area (Å²) in [5.74, 6) is 1.60. The van der Waals surface area contributed by atoms with Crippen LogP contribution in [0.5, 0.6) is 0 Å². The Morgan fingerprint density at radius 3 is 2.60 bits per heavy atom. The van der Waals surface area contributed by atoms with Crippen LogP contribution < -0.4 is 5.73 Å². The lowest BCUT2D eigenvalue weighted by Crippen LogP contribution is -2.06. The number of hydrogen-bond donors (Lipinski definition) is 2. The average Bonchev–Trinajstić information content (AvgIpc) is 3.05. The van der Waals surface area contributed by atoms with Gasteiger partial charge in [-0.25, -0.2) is 9.97 Å². The smallest absolute Gasteiger partial charge is 0.253 e. The van der Waals surface area contributed by atoms with Gasteiger partial charge in [0.1, 0.15) is 5.82 Å². The third-order valence-corrected chi connectivity index (χ3v) is 3.56. The van der Waals surface area contributed by atoms with E-state index in [4.69, 9.17) is 5.73 Å². The van der Waals surface area contributed by atoms with E-state index in [1.54, 1.807) is 4.68 Å². The summed E-state index contributed by atoms with van der Waals surface area (Å²) >= 11 is 0. The van der Waals surface area contributed by atoms with Gasteiger partial charge in [-0.3, -0.25) is 5.10 Å². The van der Waals surface area contributed by atoms with E-state index < -0.39 is 0 Å². The van der Waals surface area contributed by atoms with E-state index in [2.05, 4.69) is 25.3 Å². The van der Waals surface area contributed by atoms with Crippen LogP contribution in [0.3, 0.4) is 0 Å². The second-order valence-electron chi connectivity index (χ2n) is 5.36. The van der Waals surface area contributed by atoms with Crippen LogP contribution in [0, 0.1) is 13.8 Å². The van der Waals surface area contributed by atoms with Crippen molar-refractivity contribution in [3.05, 3.63) is 23.1 Å². The Morgan fingerprint density at radius 1 is 1.25 bits per heavy atom. The Bertz CT molecular complexity index is 789.